The van der Waals surface area contributed by atoms with Crippen molar-refractivity contribution in [1.29, 1.82) is 0 Å². The standard InChI is InChI=1S/C11H18N4O3/c1-5-15-9(12-7-13-15)8(6-16)14-10(17)18-11(2,3)4/h6-8H,5H2,1-4H3,(H,14,17). The SMILES string of the molecule is CCn1ncnc1C(C=O)NC(=O)OC(C)(C)C. The number of aromatic nitrogens is 3. The fraction of sp³-hybridized carbons (Fsp3) is 0.636. The molecule has 1 rings (SSSR count). The van der Waals surface area contributed by atoms with Crippen LogP contribution >= 0.6 is 0 Å². The first-order valence-corrected chi connectivity index (χ1v) is 5.70. The molecule has 0 aromatic carbocycles. The number of carbonyl (C=O) groups is 2. The van der Waals surface area contributed by atoms with Gasteiger partial charge in [0.1, 0.15) is 24.3 Å². The second-order valence-corrected chi connectivity index (χ2v) is 4.69. The predicted molar refractivity (Wildman–Crippen MR) is 63.9 cm³/mol. The molecule has 0 aliphatic carbocycles. The molecule has 1 unspecified atom stereocenters. The van der Waals surface area contributed by atoms with E-state index in [-0.39, 0.29) is 0 Å². The van der Waals surface area contributed by atoms with Crippen molar-refractivity contribution in [3.05, 3.63) is 12.2 Å². The van der Waals surface area contributed by atoms with Gasteiger partial charge in [0.2, 0.25) is 0 Å². The van der Waals surface area contributed by atoms with Gasteiger partial charge < -0.3 is 14.8 Å². The lowest BCUT2D eigenvalue weighted by Gasteiger charge is -2.21. The first kappa shape index (κ1) is 14.1. The third kappa shape index (κ3) is 3.83. The third-order valence-electron chi connectivity index (χ3n) is 2.03. The van der Waals surface area contributed by atoms with Crippen LogP contribution in [0.25, 0.3) is 0 Å². The number of aryl methyl sites for hydroxylation is 1. The summed E-state index contributed by atoms with van der Waals surface area (Å²) in [5, 5.41) is 6.39. The van der Waals surface area contributed by atoms with Crippen molar-refractivity contribution in [1.82, 2.24) is 20.1 Å². The average Bonchev–Trinajstić information content (AvgIpc) is 2.71. The Morgan fingerprint density at radius 2 is 2.28 bits per heavy atom. The minimum Gasteiger partial charge on any atom is -0.444 e. The average molecular weight is 254 g/mol. The predicted octanol–water partition coefficient (Wildman–Crippen LogP) is 1.06. The molecule has 0 bridgehead atoms. The van der Waals surface area contributed by atoms with Crippen molar-refractivity contribution in [2.45, 2.75) is 45.9 Å². The van der Waals surface area contributed by atoms with Gasteiger partial charge >= 0.3 is 6.09 Å². The maximum atomic E-state index is 11.6. The minimum absolute atomic E-state index is 0.387. The van der Waals surface area contributed by atoms with Gasteiger partial charge in [-0.2, -0.15) is 5.10 Å². The minimum atomic E-state index is -0.859. The van der Waals surface area contributed by atoms with Crippen molar-refractivity contribution < 1.29 is 14.3 Å². The maximum absolute atomic E-state index is 11.6. The highest BCUT2D eigenvalue weighted by molar-refractivity contribution is 5.73. The molecular weight excluding hydrogens is 236 g/mol. The van der Waals surface area contributed by atoms with E-state index in [1.54, 1.807) is 20.8 Å². The number of ether oxygens (including phenoxy) is 1. The van der Waals surface area contributed by atoms with E-state index >= 15 is 0 Å². The van der Waals surface area contributed by atoms with Crippen LogP contribution in [0.4, 0.5) is 4.79 Å². The third-order valence-corrected chi connectivity index (χ3v) is 2.03. The van der Waals surface area contributed by atoms with Gasteiger partial charge in [0.05, 0.1) is 0 Å². The molecule has 7 nitrogen and oxygen atoms in total. The quantitative estimate of drug-likeness (QED) is 0.812. The van der Waals surface area contributed by atoms with Crippen LogP contribution in [-0.2, 0) is 16.1 Å². The van der Waals surface area contributed by atoms with Crippen LogP contribution in [0.2, 0.25) is 0 Å². The van der Waals surface area contributed by atoms with Gasteiger partial charge in [-0.05, 0) is 27.7 Å². The fourth-order valence-corrected chi connectivity index (χ4v) is 1.35. The Labute approximate surface area is 106 Å². The van der Waals surface area contributed by atoms with E-state index < -0.39 is 17.7 Å². The first-order valence-electron chi connectivity index (χ1n) is 5.70. The van der Waals surface area contributed by atoms with Crippen LogP contribution < -0.4 is 5.32 Å². The lowest BCUT2D eigenvalue weighted by molar-refractivity contribution is -0.110. The molecule has 18 heavy (non-hydrogen) atoms. The number of rotatable bonds is 4. The zero-order valence-corrected chi connectivity index (χ0v) is 11.0. The van der Waals surface area contributed by atoms with E-state index in [2.05, 4.69) is 15.4 Å². The van der Waals surface area contributed by atoms with Crippen LogP contribution in [-0.4, -0.2) is 32.7 Å². The van der Waals surface area contributed by atoms with Crippen molar-refractivity contribution >= 4 is 12.4 Å². The van der Waals surface area contributed by atoms with Gasteiger partial charge in [-0.15, -0.1) is 0 Å². The number of amides is 1. The smallest absolute Gasteiger partial charge is 0.408 e. The molecule has 1 heterocycles. The van der Waals surface area contributed by atoms with Crippen molar-refractivity contribution in [2.75, 3.05) is 0 Å². The Morgan fingerprint density at radius 1 is 1.61 bits per heavy atom. The van der Waals surface area contributed by atoms with Gasteiger partial charge in [0, 0.05) is 6.54 Å². The summed E-state index contributed by atoms with van der Waals surface area (Å²) in [5.41, 5.74) is -0.615. The molecule has 1 atom stereocenters. The van der Waals surface area contributed by atoms with E-state index in [1.165, 1.54) is 11.0 Å². The van der Waals surface area contributed by atoms with Crippen LogP contribution in [0.1, 0.15) is 39.6 Å². The Bertz CT molecular complexity index is 422. The van der Waals surface area contributed by atoms with E-state index in [4.69, 9.17) is 4.74 Å². The number of nitrogens with one attached hydrogen (secondary N) is 1. The van der Waals surface area contributed by atoms with Crippen molar-refractivity contribution in [3.8, 4) is 0 Å². The molecule has 0 fully saturated rings. The summed E-state index contributed by atoms with van der Waals surface area (Å²) >= 11 is 0. The zero-order valence-electron chi connectivity index (χ0n) is 11.0. The van der Waals surface area contributed by atoms with E-state index in [0.717, 1.165) is 0 Å². The molecule has 7 heteroatoms. The number of hydrogen-bond acceptors (Lipinski definition) is 5. The molecule has 0 saturated carbocycles. The summed E-state index contributed by atoms with van der Waals surface area (Å²) in [5.74, 6) is 0.387. The Hall–Kier alpha value is -1.92. The lowest BCUT2D eigenvalue weighted by atomic mass is 10.2. The number of nitrogens with zero attached hydrogens (tertiary/aromatic N) is 3. The topological polar surface area (TPSA) is 86.1 Å². The summed E-state index contributed by atoms with van der Waals surface area (Å²) < 4.78 is 6.61. The Balaban J connectivity index is 2.74. The second-order valence-electron chi connectivity index (χ2n) is 4.69. The summed E-state index contributed by atoms with van der Waals surface area (Å²) in [4.78, 5) is 26.6. The fourth-order valence-electron chi connectivity index (χ4n) is 1.35. The second kappa shape index (κ2) is 5.61. The van der Waals surface area contributed by atoms with Crippen LogP contribution in [0.5, 0.6) is 0 Å². The molecular formula is C11H18N4O3. The molecule has 0 radical (unpaired) electrons. The highest BCUT2D eigenvalue weighted by atomic mass is 16.6. The van der Waals surface area contributed by atoms with E-state index in [1.807, 2.05) is 6.92 Å². The summed E-state index contributed by atoms with van der Waals surface area (Å²) in [6, 6.07) is -0.859. The molecule has 1 aromatic heterocycles. The zero-order chi connectivity index (χ0) is 13.8. The highest BCUT2D eigenvalue weighted by Gasteiger charge is 2.23. The largest absolute Gasteiger partial charge is 0.444 e. The molecule has 0 aliphatic rings. The van der Waals surface area contributed by atoms with Gasteiger partial charge in [-0.25, -0.2) is 14.5 Å². The summed E-state index contributed by atoms with van der Waals surface area (Å²) in [6.07, 6.45) is 1.27. The van der Waals surface area contributed by atoms with Crippen LogP contribution in [0.15, 0.2) is 6.33 Å². The van der Waals surface area contributed by atoms with Crippen molar-refractivity contribution in [2.24, 2.45) is 0 Å². The summed E-state index contributed by atoms with van der Waals surface area (Å²) in [7, 11) is 0. The normalized spacial score (nSPS) is 12.9. The molecule has 0 spiro atoms. The molecule has 0 aliphatic heterocycles. The van der Waals surface area contributed by atoms with Crippen LogP contribution in [0.3, 0.4) is 0 Å². The Morgan fingerprint density at radius 3 is 2.78 bits per heavy atom. The van der Waals surface area contributed by atoms with E-state index in [9.17, 15) is 9.59 Å². The number of carbonyl (C=O) groups excluding carboxylic acids is 2. The molecule has 100 valence electrons. The van der Waals surface area contributed by atoms with Gasteiger partial charge in [0.15, 0.2) is 5.82 Å². The molecule has 1 amide bonds. The van der Waals surface area contributed by atoms with Gasteiger partial charge in [-0.1, -0.05) is 0 Å². The Kier molecular flexibility index (Phi) is 4.41. The number of alkyl carbamates (subject to hydrolysis) is 1. The molecule has 0 saturated heterocycles. The molecule has 1 aromatic rings. The highest BCUT2D eigenvalue weighted by Crippen LogP contribution is 2.10. The molecule has 1 N–H and O–H groups in total. The maximum Gasteiger partial charge on any atom is 0.408 e. The number of aldehydes is 1. The first-order chi connectivity index (χ1) is 8.37. The van der Waals surface area contributed by atoms with Gasteiger partial charge in [0.25, 0.3) is 0 Å². The number of hydrogen-bond donors (Lipinski definition) is 1. The summed E-state index contributed by atoms with van der Waals surface area (Å²) in [6.45, 7) is 7.67. The monoisotopic (exact) mass is 254 g/mol. The van der Waals surface area contributed by atoms with Gasteiger partial charge in [-0.3, -0.25) is 0 Å². The lowest BCUT2D eigenvalue weighted by Crippen LogP contribution is -2.36. The van der Waals surface area contributed by atoms with Crippen LogP contribution in [0, 0.1) is 0 Å². The van der Waals surface area contributed by atoms with E-state index in [0.29, 0.717) is 18.7 Å². The van der Waals surface area contributed by atoms with Crippen molar-refractivity contribution in [3.63, 3.8) is 0 Å².